The Kier molecular flexibility index (Phi) is 5.85. The monoisotopic (exact) mass is 468 g/mol. The van der Waals surface area contributed by atoms with Gasteiger partial charge in [-0.15, -0.1) is 0 Å². The van der Waals surface area contributed by atoms with Crippen molar-refractivity contribution in [3.05, 3.63) is 83.3 Å². The molecule has 2 heterocycles. The van der Waals surface area contributed by atoms with Gasteiger partial charge in [-0.2, -0.15) is 0 Å². The summed E-state index contributed by atoms with van der Waals surface area (Å²) in [5.74, 6) is 0. The highest BCUT2D eigenvalue weighted by Crippen LogP contribution is 2.39. The fourth-order valence-corrected chi connectivity index (χ4v) is 5.07. The van der Waals surface area contributed by atoms with Crippen molar-refractivity contribution in [3.8, 4) is 0 Å². The van der Waals surface area contributed by atoms with Crippen molar-refractivity contribution in [1.29, 1.82) is 0 Å². The van der Waals surface area contributed by atoms with Crippen molar-refractivity contribution in [3.63, 3.8) is 0 Å². The molecule has 35 heavy (non-hydrogen) atoms. The predicted octanol–water partition coefficient (Wildman–Crippen LogP) is 5.59. The number of nitrogens with zero attached hydrogens (tertiary/aromatic N) is 1. The Balaban J connectivity index is 1.23. The number of hydrogen-bond acceptors (Lipinski definition) is 5. The Bertz CT molecular complexity index is 1370. The van der Waals surface area contributed by atoms with Crippen LogP contribution in [0.2, 0.25) is 0 Å². The van der Waals surface area contributed by atoms with E-state index in [1.807, 2.05) is 45.2 Å². The molecule has 4 N–H and O–H groups in total. The summed E-state index contributed by atoms with van der Waals surface area (Å²) in [6.07, 6.45) is 7.37. The van der Waals surface area contributed by atoms with Crippen LogP contribution < -0.4 is 10.6 Å². The zero-order chi connectivity index (χ0) is 24.6. The maximum Gasteiger partial charge on any atom is 0.131 e. The van der Waals surface area contributed by atoms with Gasteiger partial charge in [-0.3, -0.25) is 4.98 Å². The highest BCUT2D eigenvalue weighted by molar-refractivity contribution is 5.86. The minimum atomic E-state index is -0.889. The van der Waals surface area contributed by atoms with Crippen molar-refractivity contribution >= 4 is 34.3 Å². The van der Waals surface area contributed by atoms with Crippen molar-refractivity contribution in [2.45, 2.75) is 51.0 Å². The van der Waals surface area contributed by atoms with Crippen LogP contribution >= 0.6 is 0 Å². The second kappa shape index (κ2) is 8.86. The Morgan fingerprint density at radius 2 is 1.91 bits per heavy atom. The quantitative estimate of drug-likeness (QED) is 0.253. The normalized spacial score (nSPS) is 17.4. The zero-order valence-electron chi connectivity index (χ0n) is 20.5. The second-order valence-electron chi connectivity index (χ2n) is 10.2. The summed E-state index contributed by atoms with van der Waals surface area (Å²) in [7, 11) is 0. The molecule has 0 spiro atoms. The van der Waals surface area contributed by atoms with Crippen LogP contribution in [0.5, 0.6) is 0 Å². The topological polar surface area (TPSA) is 90.0 Å². The second-order valence-corrected chi connectivity index (χ2v) is 10.2. The first-order chi connectivity index (χ1) is 16.8. The van der Waals surface area contributed by atoms with Gasteiger partial charge < -0.3 is 25.5 Å². The summed E-state index contributed by atoms with van der Waals surface area (Å²) in [4.78, 5) is 19.4. The summed E-state index contributed by atoms with van der Waals surface area (Å²) in [5, 5.41) is 18.6. The van der Waals surface area contributed by atoms with Crippen LogP contribution in [-0.2, 0) is 28.7 Å². The van der Waals surface area contributed by atoms with E-state index in [9.17, 15) is 9.90 Å². The molecule has 4 aromatic rings. The van der Waals surface area contributed by atoms with Gasteiger partial charge in [0.25, 0.3) is 0 Å². The summed E-state index contributed by atoms with van der Waals surface area (Å²) in [5.41, 5.74) is 6.87. The number of aliphatic hydroxyl groups is 1. The summed E-state index contributed by atoms with van der Waals surface area (Å²) >= 11 is 0. The number of hydrogen-bond donors (Lipinski definition) is 4. The van der Waals surface area contributed by atoms with E-state index in [2.05, 4.69) is 50.9 Å². The molecule has 0 amide bonds. The van der Waals surface area contributed by atoms with Gasteiger partial charge in [-0.25, -0.2) is 0 Å². The smallest absolute Gasteiger partial charge is 0.131 e. The fraction of sp³-hybridized carbons (Fsp3) is 0.310. The van der Waals surface area contributed by atoms with Crippen molar-refractivity contribution in [2.24, 2.45) is 0 Å². The third-order valence-electron chi connectivity index (χ3n) is 7.10. The van der Waals surface area contributed by atoms with Crippen molar-refractivity contribution < 1.29 is 9.90 Å². The van der Waals surface area contributed by atoms with Crippen LogP contribution in [-0.4, -0.2) is 27.9 Å². The number of aromatic amines is 1. The van der Waals surface area contributed by atoms with E-state index < -0.39 is 11.0 Å². The Labute approximate surface area is 205 Å². The van der Waals surface area contributed by atoms with E-state index in [0.717, 1.165) is 76.9 Å². The maximum atomic E-state index is 11.6. The number of para-hydroxylation sites is 1. The van der Waals surface area contributed by atoms with Crippen LogP contribution in [0.15, 0.2) is 60.9 Å². The summed E-state index contributed by atoms with van der Waals surface area (Å²) in [6, 6.07) is 16.3. The molecule has 1 unspecified atom stereocenters. The van der Waals surface area contributed by atoms with Gasteiger partial charge >= 0.3 is 0 Å². The zero-order valence-corrected chi connectivity index (χ0v) is 20.5. The standard InChI is InChI=1S/C29H32N4O2/c1-28(2,35)24-6-4-5-22-19(17-32-26(22)24)12-15-30-20-7-9-21(10-8-20)33-25-13-16-31-27-23(25)11-14-29(27,3)18-34/h4-10,13,16-18,30,32,35H,11-12,14-15H2,1-3H3,(H,31,33). The predicted molar refractivity (Wildman–Crippen MR) is 141 cm³/mol. The average Bonchev–Trinajstić information content (AvgIpc) is 3.42. The molecular weight excluding hydrogens is 436 g/mol. The first-order valence-electron chi connectivity index (χ1n) is 12.2. The average molecular weight is 469 g/mol. The summed E-state index contributed by atoms with van der Waals surface area (Å²) in [6.45, 7) is 6.39. The van der Waals surface area contributed by atoms with E-state index in [-0.39, 0.29) is 0 Å². The maximum absolute atomic E-state index is 11.6. The SMILES string of the molecule is CC(C)(O)c1cccc2c(CCNc3ccc(Nc4ccnc5c4CCC5(C)C=O)cc3)c[nH]c12. The Hall–Kier alpha value is -3.64. The number of nitrogens with one attached hydrogen (secondary N) is 3. The number of rotatable bonds is 8. The molecule has 6 nitrogen and oxygen atoms in total. The largest absolute Gasteiger partial charge is 0.386 e. The number of fused-ring (bicyclic) bond motifs is 2. The molecule has 0 fully saturated rings. The molecule has 1 aliphatic carbocycles. The van der Waals surface area contributed by atoms with Gasteiger partial charge in [0.05, 0.1) is 22.2 Å². The lowest BCUT2D eigenvalue weighted by atomic mass is 9.90. The van der Waals surface area contributed by atoms with Gasteiger partial charge in [0.1, 0.15) is 6.29 Å². The molecule has 0 saturated carbocycles. The Morgan fingerprint density at radius 1 is 1.14 bits per heavy atom. The molecule has 2 aromatic heterocycles. The number of pyridine rings is 1. The lowest BCUT2D eigenvalue weighted by Gasteiger charge is -2.18. The van der Waals surface area contributed by atoms with Crippen LogP contribution in [0.4, 0.5) is 17.1 Å². The summed E-state index contributed by atoms with van der Waals surface area (Å²) < 4.78 is 0. The third-order valence-corrected chi connectivity index (χ3v) is 7.10. The molecule has 0 bridgehead atoms. The van der Waals surface area contributed by atoms with Crippen molar-refractivity contribution in [2.75, 3.05) is 17.2 Å². The van der Waals surface area contributed by atoms with E-state index in [4.69, 9.17) is 0 Å². The number of carbonyl (C=O) groups excluding carboxylic acids is 1. The molecule has 1 aliphatic rings. The number of anilines is 3. The van der Waals surface area contributed by atoms with Crippen LogP contribution in [0.3, 0.4) is 0 Å². The minimum Gasteiger partial charge on any atom is -0.386 e. The number of benzene rings is 2. The molecule has 5 rings (SSSR count). The third kappa shape index (κ3) is 4.42. The lowest BCUT2D eigenvalue weighted by Crippen LogP contribution is -2.21. The van der Waals surface area contributed by atoms with Gasteiger partial charge in [-0.05, 0) is 81.5 Å². The van der Waals surface area contributed by atoms with E-state index >= 15 is 0 Å². The van der Waals surface area contributed by atoms with Gasteiger partial charge in [0.15, 0.2) is 0 Å². The first-order valence-corrected chi connectivity index (χ1v) is 12.2. The minimum absolute atomic E-state index is 0.485. The molecule has 6 heteroatoms. The first kappa shape index (κ1) is 23.1. The fourth-order valence-electron chi connectivity index (χ4n) is 5.07. The van der Waals surface area contributed by atoms with Crippen molar-refractivity contribution in [1.82, 2.24) is 9.97 Å². The number of H-pyrrole nitrogens is 1. The molecule has 180 valence electrons. The van der Waals surface area contributed by atoms with Gasteiger partial charge in [0, 0.05) is 47.0 Å². The molecular formula is C29H32N4O2. The van der Waals surface area contributed by atoms with Gasteiger partial charge in [0.2, 0.25) is 0 Å². The highest BCUT2D eigenvalue weighted by atomic mass is 16.3. The lowest BCUT2D eigenvalue weighted by molar-refractivity contribution is -0.112. The number of carbonyl (C=O) groups is 1. The number of aldehydes is 1. The van der Waals surface area contributed by atoms with E-state index in [1.54, 1.807) is 6.20 Å². The molecule has 2 aromatic carbocycles. The van der Waals surface area contributed by atoms with Gasteiger partial charge in [-0.1, -0.05) is 18.2 Å². The van der Waals surface area contributed by atoms with Crippen LogP contribution in [0, 0.1) is 0 Å². The molecule has 0 saturated heterocycles. The Morgan fingerprint density at radius 3 is 2.66 bits per heavy atom. The van der Waals surface area contributed by atoms with E-state index in [0.29, 0.717) is 0 Å². The molecule has 0 aliphatic heterocycles. The molecule has 1 atom stereocenters. The molecule has 0 radical (unpaired) electrons. The highest BCUT2D eigenvalue weighted by Gasteiger charge is 2.36. The van der Waals surface area contributed by atoms with E-state index in [1.165, 1.54) is 5.56 Å². The number of aromatic nitrogens is 2. The van der Waals surface area contributed by atoms with Crippen LogP contribution in [0.1, 0.15) is 49.6 Å². The van der Waals surface area contributed by atoms with Crippen LogP contribution in [0.25, 0.3) is 10.9 Å².